The molecule has 4 rings (SSSR count). The number of anilines is 1. The molecule has 3 unspecified atom stereocenters. The fraction of sp³-hybridized carbons (Fsp3) is 0.577. The highest BCUT2D eigenvalue weighted by Gasteiger charge is 2.30. The lowest BCUT2D eigenvalue weighted by molar-refractivity contribution is 0.252. The van der Waals surface area contributed by atoms with Crippen LogP contribution in [0.25, 0.3) is 11.2 Å². The van der Waals surface area contributed by atoms with Crippen molar-refractivity contribution in [3.8, 4) is 0 Å². The molecule has 0 aliphatic heterocycles. The summed E-state index contributed by atoms with van der Waals surface area (Å²) in [7, 11) is 2.05. The standard InChI is InChI=1S/C26H39N9/c1-7-18(3)14-34-15-21(28-16-34)11-12-27-26-30-20(5)24-25(31-26)35(17-29-24)23-10-9-22(13-23)33(6)32-19(4)8-2/h8,15-18,22-23H,2,7,9-14H2,1,3-6H3,(H,27,30,31)/b32-19-. The van der Waals surface area contributed by atoms with Crippen molar-refractivity contribution in [2.45, 2.75) is 78.4 Å². The van der Waals surface area contributed by atoms with E-state index in [1.807, 2.05) is 33.5 Å². The minimum Gasteiger partial charge on any atom is -0.354 e. The summed E-state index contributed by atoms with van der Waals surface area (Å²) in [5.41, 5.74) is 4.69. The van der Waals surface area contributed by atoms with Gasteiger partial charge in [0.15, 0.2) is 5.65 Å². The highest BCUT2D eigenvalue weighted by atomic mass is 15.5. The second-order valence-corrected chi connectivity index (χ2v) is 9.85. The van der Waals surface area contributed by atoms with Crippen LogP contribution in [0.5, 0.6) is 0 Å². The van der Waals surface area contributed by atoms with E-state index in [1.54, 1.807) is 6.08 Å². The summed E-state index contributed by atoms with van der Waals surface area (Å²) in [5, 5.41) is 10.1. The summed E-state index contributed by atoms with van der Waals surface area (Å²) < 4.78 is 4.41. The molecule has 3 heterocycles. The van der Waals surface area contributed by atoms with Gasteiger partial charge in [-0.3, -0.25) is 5.01 Å². The van der Waals surface area contributed by atoms with E-state index < -0.39 is 0 Å². The second-order valence-electron chi connectivity index (χ2n) is 9.85. The van der Waals surface area contributed by atoms with Gasteiger partial charge >= 0.3 is 0 Å². The molecule has 1 aliphatic carbocycles. The highest BCUT2D eigenvalue weighted by molar-refractivity contribution is 5.91. The SMILES string of the molecule is C=C/C(C)=N\N(C)C1CCC(n2cnc3c(C)nc(NCCc4cn(CC(C)CC)cn4)nc32)C1. The molecule has 0 amide bonds. The highest BCUT2D eigenvalue weighted by Crippen LogP contribution is 2.35. The van der Waals surface area contributed by atoms with E-state index in [-0.39, 0.29) is 0 Å². The maximum absolute atomic E-state index is 4.86. The molecule has 188 valence electrons. The molecule has 3 aromatic rings. The molecule has 3 atom stereocenters. The van der Waals surface area contributed by atoms with Gasteiger partial charge in [0, 0.05) is 44.8 Å². The first-order chi connectivity index (χ1) is 16.9. The van der Waals surface area contributed by atoms with Crippen LogP contribution in [0.4, 0.5) is 5.95 Å². The van der Waals surface area contributed by atoms with Crippen molar-refractivity contribution in [3.63, 3.8) is 0 Å². The molecule has 0 aromatic carbocycles. The van der Waals surface area contributed by atoms with Crippen LogP contribution in [0, 0.1) is 12.8 Å². The van der Waals surface area contributed by atoms with Gasteiger partial charge in [0.05, 0.1) is 29.8 Å². The molecular formula is C26H39N9. The Balaban J connectivity index is 1.41. The van der Waals surface area contributed by atoms with Gasteiger partial charge in [-0.1, -0.05) is 26.8 Å². The largest absolute Gasteiger partial charge is 0.354 e. The molecule has 3 aromatic heterocycles. The van der Waals surface area contributed by atoms with E-state index in [9.17, 15) is 0 Å². The van der Waals surface area contributed by atoms with Crippen LogP contribution in [0.1, 0.15) is 63.9 Å². The summed E-state index contributed by atoms with van der Waals surface area (Å²) in [6, 6.07) is 0.747. The Bertz CT molecular complexity index is 1170. The van der Waals surface area contributed by atoms with Crippen LogP contribution >= 0.6 is 0 Å². The normalized spacial score (nSPS) is 19.3. The Kier molecular flexibility index (Phi) is 7.83. The van der Waals surface area contributed by atoms with Crippen molar-refractivity contribution >= 4 is 22.8 Å². The van der Waals surface area contributed by atoms with Gasteiger partial charge in [-0.2, -0.15) is 10.1 Å². The monoisotopic (exact) mass is 477 g/mol. The van der Waals surface area contributed by atoms with Gasteiger partial charge in [0.25, 0.3) is 0 Å². The van der Waals surface area contributed by atoms with Crippen LogP contribution in [0.15, 0.2) is 36.6 Å². The average Bonchev–Trinajstić information content (AvgIpc) is 3.58. The number of hydrogen-bond acceptors (Lipinski definition) is 7. The molecule has 1 fully saturated rings. The molecule has 9 nitrogen and oxygen atoms in total. The molecule has 35 heavy (non-hydrogen) atoms. The van der Waals surface area contributed by atoms with Crippen molar-refractivity contribution in [2.75, 3.05) is 18.9 Å². The Morgan fingerprint density at radius 1 is 1.31 bits per heavy atom. The van der Waals surface area contributed by atoms with Crippen molar-refractivity contribution in [3.05, 3.63) is 42.9 Å². The first kappa shape index (κ1) is 24.9. The number of hydrogen-bond donors (Lipinski definition) is 1. The quantitative estimate of drug-likeness (QED) is 0.320. The average molecular weight is 478 g/mol. The lowest BCUT2D eigenvalue weighted by atomic mass is 10.1. The topological polar surface area (TPSA) is 89.0 Å². The summed E-state index contributed by atoms with van der Waals surface area (Å²) in [6.07, 6.45) is 13.0. The minimum atomic E-state index is 0.350. The predicted molar refractivity (Wildman–Crippen MR) is 142 cm³/mol. The maximum Gasteiger partial charge on any atom is 0.225 e. The first-order valence-corrected chi connectivity index (χ1v) is 12.7. The third-order valence-corrected chi connectivity index (χ3v) is 7.08. The first-order valence-electron chi connectivity index (χ1n) is 12.7. The van der Waals surface area contributed by atoms with Crippen molar-refractivity contribution in [1.82, 2.24) is 34.1 Å². The summed E-state index contributed by atoms with van der Waals surface area (Å²) in [5.74, 6) is 1.30. The second kappa shape index (κ2) is 11.0. The van der Waals surface area contributed by atoms with E-state index in [4.69, 9.17) is 4.98 Å². The van der Waals surface area contributed by atoms with Gasteiger partial charge in [0.1, 0.15) is 5.52 Å². The molecule has 1 saturated carbocycles. The van der Waals surface area contributed by atoms with Crippen LogP contribution in [-0.4, -0.2) is 59.4 Å². The number of allylic oxidation sites excluding steroid dienone is 1. The Hall–Kier alpha value is -3.23. The van der Waals surface area contributed by atoms with Crippen molar-refractivity contribution in [2.24, 2.45) is 11.0 Å². The Morgan fingerprint density at radius 3 is 2.91 bits per heavy atom. The van der Waals surface area contributed by atoms with Gasteiger partial charge in [-0.25, -0.2) is 15.0 Å². The van der Waals surface area contributed by atoms with Crippen LogP contribution in [0.3, 0.4) is 0 Å². The number of nitrogens with zero attached hydrogens (tertiary/aromatic N) is 8. The van der Waals surface area contributed by atoms with Gasteiger partial charge in [-0.05, 0) is 45.1 Å². The molecule has 9 heteroatoms. The third kappa shape index (κ3) is 5.89. The number of rotatable bonds is 11. The lowest BCUT2D eigenvalue weighted by Gasteiger charge is -2.22. The smallest absolute Gasteiger partial charge is 0.225 e. The fourth-order valence-corrected chi connectivity index (χ4v) is 4.73. The summed E-state index contributed by atoms with van der Waals surface area (Å²) in [6.45, 7) is 14.0. The van der Waals surface area contributed by atoms with Gasteiger partial charge < -0.3 is 14.5 Å². The van der Waals surface area contributed by atoms with Crippen LogP contribution in [0.2, 0.25) is 0 Å². The van der Waals surface area contributed by atoms with Crippen molar-refractivity contribution < 1.29 is 0 Å². The maximum atomic E-state index is 4.86. The van der Waals surface area contributed by atoms with E-state index in [0.29, 0.717) is 23.9 Å². The van der Waals surface area contributed by atoms with E-state index in [0.717, 1.165) is 67.0 Å². The number of imidazole rings is 2. The van der Waals surface area contributed by atoms with Gasteiger partial charge in [0.2, 0.25) is 5.95 Å². The third-order valence-electron chi connectivity index (χ3n) is 7.08. The number of nitrogens with one attached hydrogen (secondary N) is 1. The Morgan fingerprint density at radius 2 is 2.14 bits per heavy atom. The molecule has 0 bridgehead atoms. The van der Waals surface area contributed by atoms with E-state index >= 15 is 0 Å². The molecule has 0 saturated heterocycles. The van der Waals surface area contributed by atoms with E-state index in [2.05, 4.69) is 66.1 Å². The molecular weight excluding hydrogens is 438 g/mol. The van der Waals surface area contributed by atoms with Crippen LogP contribution in [-0.2, 0) is 13.0 Å². The van der Waals surface area contributed by atoms with Crippen LogP contribution < -0.4 is 5.32 Å². The molecule has 0 spiro atoms. The van der Waals surface area contributed by atoms with Crippen molar-refractivity contribution in [1.29, 1.82) is 0 Å². The summed E-state index contributed by atoms with van der Waals surface area (Å²) in [4.78, 5) is 18.7. The number of fused-ring (bicyclic) bond motifs is 1. The number of hydrazone groups is 1. The fourth-order valence-electron chi connectivity index (χ4n) is 4.73. The number of aryl methyl sites for hydroxylation is 1. The van der Waals surface area contributed by atoms with E-state index in [1.165, 1.54) is 6.42 Å². The zero-order chi connectivity index (χ0) is 24.9. The summed E-state index contributed by atoms with van der Waals surface area (Å²) >= 11 is 0. The number of aromatic nitrogens is 6. The molecule has 1 N–H and O–H groups in total. The lowest BCUT2D eigenvalue weighted by Crippen LogP contribution is -2.25. The zero-order valence-corrected chi connectivity index (χ0v) is 21.8. The Labute approximate surface area is 208 Å². The minimum absolute atomic E-state index is 0.350. The molecule has 0 radical (unpaired) electrons. The zero-order valence-electron chi connectivity index (χ0n) is 21.8. The predicted octanol–water partition coefficient (Wildman–Crippen LogP) is 4.62. The van der Waals surface area contributed by atoms with Gasteiger partial charge in [-0.15, -0.1) is 0 Å². The molecule has 1 aliphatic rings.